The molecule has 0 unspecified atom stereocenters. The fraction of sp³-hybridized carbons (Fsp3) is 0.413. The van der Waals surface area contributed by atoms with E-state index in [9.17, 15) is 10.1 Å². The molecule has 2 heterocycles. The molecule has 0 radical (unpaired) electrons. The van der Waals surface area contributed by atoms with Gasteiger partial charge in [-0.25, -0.2) is 4.85 Å². The number of rotatable bonds is 14. The maximum atomic E-state index is 11.7. The fourth-order valence-corrected chi connectivity index (χ4v) is 8.52. The molecule has 4 aromatic rings. The molecule has 56 heavy (non-hydrogen) atoms. The Kier molecular flexibility index (Phi) is 12.8. The zero-order valence-corrected chi connectivity index (χ0v) is 33.1. The molecule has 2 saturated heterocycles. The number of piperidine rings is 2. The number of halogens is 1. The molecule has 9 nitrogen and oxygen atoms in total. The van der Waals surface area contributed by atoms with Gasteiger partial charge < -0.3 is 29.7 Å². The van der Waals surface area contributed by atoms with Crippen molar-refractivity contribution in [2.24, 2.45) is 0 Å². The van der Waals surface area contributed by atoms with Crippen LogP contribution in [0.4, 0.5) is 5.69 Å². The molecule has 2 N–H and O–H groups in total. The van der Waals surface area contributed by atoms with Crippen molar-refractivity contribution in [3.8, 4) is 34.4 Å². The van der Waals surface area contributed by atoms with Gasteiger partial charge in [0.05, 0.1) is 24.3 Å². The van der Waals surface area contributed by atoms with Gasteiger partial charge in [-0.2, -0.15) is 5.26 Å². The molecule has 0 saturated carbocycles. The summed E-state index contributed by atoms with van der Waals surface area (Å²) < 4.78 is 19.5. The topological polar surface area (TPSA) is 100 Å². The van der Waals surface area contributed by atoms with Gasteiger partial charge in [0.15, 0.2) is 5.69 Å². The number of hydrogen-bond donors (Lipinski definition) is 2. The van der Waals surface area contributed by atoms with Crippen LogP contribution >= 0.6 is 11.6 Å². The smallest absolute Gasteiger partial charge is 0.220 e. The number of ether oxygens (including phenoxy) is 3. The fourth-order valence-electron chi connectivity index (χ4n) is 8.29. The number of benzene rings is 4. The highest BCUT2D eigenvalue weighted by Crippen LogP contribution is 2.44. The van der Waals surface area contributed by atoms with Gasteiger partial charge in [0.2, 0.25) is 5.91 Å². The molecular weight excluding hydrogens is 722 g/mol. The third-order valence-corrected chi connectivity index (χ3v) is 11.7. The van der Waals surface area contributed by atoms with Crippen molar-refractivity contribution in [3.05, 3.63) is 117 Å². The first-order valence-corrected chi connectivity index (χ1v) is 20.3. The van der Waals surface area contributed by atoms with Gasteiger partial charge in [0, 0.05) is 55.3 Å². The lowest BCUT2D eigenvalue weighted by atomic mass is 9.93. The minimum atomic E-state index is -0.199. The maximum Gasteiger partial charge on any atom is 0.220 e. The summed E-state index contributed by atoms with van der Waals surface area (Å²) in [6, 6.07) is 24.5. The van der Waals surface area contributed by atoms with E-state index in [1.54, 1.807) is 18.2 Å². The number of fused-ring (bicyclic) bond motifs is 1. The minimum Gasteiger partial charge on any atom is -0.493 e. The van der Waals surface area contributed by atoms with Crippen molar-refractivity contribution in [2.75, 3.05) is 26.2 Å². The Hall–Kier alpha value is -5.06. The predicted molar refractivity (Wildman–Crippen MR) is 219 cm³/mol. The zero-order valence-electron chi connectivity index (χ0n) is 32.3. The monoisotopic (exact) mass is 771 g/mol. The lowest BCUT2D eigenvalue weighted by molar-refractivity contribution is -0.122. The normalized spacial score (nSPS) is 19.4. The molecule has 4 aromatic carbocycles. The second-order valence-corrected chi connectivity index (χ2v) is 15.6. The summed E-state index contributed by atoms with van der Waals surface area (Å²) in [6.45, 7) is 16.1. The molecule has 10 heteroatoms. The van der Waals surface area contributed by atoms with E-state index in [1.165, 1.54) is 42.5 Å². The van der Waals surface area contributed by atoms with Crippen LogP contribution in [0.1, 0.15) is 91.4 Å². The van der Waals surface area contributed by atoms with Gasteiger partial charge in [-0.05, 0) is 123 Å². The molecule has 2 aliphatic heterocycles. The molecule has 7 rings (SSSR count). The molecule has 3 atom stereocenters. The summed E-state index contributed by atoms with van der Waals surface area (Å²) in [5.41, 5.74) is 8.29. The first kappa shape index (κ1) is 39.2. The van der Waals surface area contributed by atoms with Crippen LogP contribution in [0.25, 0.3) is 16.0 Å². The van der Waals surface area contributed by atoms with Gasteiger partial charge in [0.1, 0.15) is 30.0 Å². The van der Waals surface area contributed by atoms with E-state index in [2.05, 4.69) is 76.7 Å². The van der Waals surface area contributed by atoms with Crippen LogP contribution in [0.3, 0.4) is 0 Å². The molecule has 1 aliphatic carbocycles. The van der Waals surface area contributed by atoms with Gasteiger partial charge in [-0.1, -0.05) is 48.4 Å². The number of carbonyl (C=O) groups excluding carboxylic acids is 1. The first-order valence-electron chi connectivity index (χ1n) is 19.9. The Balaban J connectivity index is 1.08. The molecule has 0 bridgehead atoms. The Morgan fingerprint density at radius 1 is 1.00 bits per heavy atom. The summed E-state index contributed by atoms with van der Waals surface area (Å²) in [7, 11) is 0. The molecule has 3 aliphatic rings. The lowest BCUT2D eigenvalue weighted by Gasteiger charge is -2.33. The van der Waals surface area contributed by atoms with Crippen LogP contribution in [0.15, 0.2) is 66.7 Å². The van der Waals surface area contributed by atoms with Crippen LogP contribution < -0.4 is 24.8 Å². The van der Waals surface area contributed by atoms with Crippen molar-refractivity contribution in [1.29, 1.82) is 5.26 Å². The number of nitrogens with one attached hydrogen (secondary N) is 2. The van der Waals surface area contributed by atoms with Gasteiger partial charge in [-0.15, -0.1) is 0 Å². The van der Waals surface area contributed by atoms with E-state index < -0.39 is 0 Å². The first-order chi connectivity index (χ1) is 27.3. The maximum absolute atomic E-state index is 11.7. The number of nitriles is 1. The van der Waals surface area contributed by atoms with E-state index in [-0.39, 0.29) is 24.7 Å². The van der Waals surface area contributed by atoms with Crippen molar-refractivity contribution in [3.63, 3.8) is 0 Å². The standard InChI is InChI=1S/C46H50ClN5O4/c1-30-9-4-5-18-52(30)19-8-20-54-42-13-7-10-37(31(42)2)38-11-6-12-40-39(38)15-16-43(40)56-45-25-44(55-29-33-21-32(26-48)22-36(23-33)49-3)34(24-41(45)47)27-50-35-14-17-46(53)51-28-35/h6-7,10-13,21-25,30,35,43,50H,4-5,8-9,14-20,27-29H2,1-2H3,(H,51,53)/t30-,35-,43-/m0/s1. The van der Waals surface area contributed by atoms with Crippen LogP contribution in [-0.4, -0.2) is 49.1 Å². The molecule has 1 amide bonds. The van der Waals surface area contributed by atoms with E-state index in [1.807, 2.05) is 12.1 Å². The SMILES string of the molecule is [C-]#[N+]c1cc(C#N)cc(COc2cc(O[C@H]3CCc4c(-c5cccc(OCCCN6CCCC[C@@H]6C)c5C)cccc43)c(Cl)cc2CN[C@H]2CCC(=O)NC2)c1. The number of hydrogen-bond acceptors (Lipinski definition) is 7. The third-order valence-electron chi connectivity index (χ3n) is 11.4. The van der Waals surface area contributed by atoms with Crippen molar-refractivity contribution < 1.29 is 19.0 Å². The number of nitrogens with zero attached hydrogens (tertiary/aromatic N) is 3. The van der Waals surface area contributed by atoms with E-state index in [0.29, 0.717) is 59.9 Å². The summed E-state index contributed by atoms with van der Waals surface area (Å²) in [5.74, 6) is 2.12. The van der Waals surface area contributed by atoms with E-state index >= 15 is 0 Å². The summed E-state index contributed by atoms with van der Waals surface area (Å²) in [6.07, 6.45) is 7.64. The Bertz CT molecular complexity index is 2100. The van der Waals surface area contributed by atoms with Crippen molar-refractivity contribution in [1.82, 2.24) is 15.5 Å². The van der Waals surface area contributed by atoms with E-state index in [0.717, 1.165) is 60.2 Å². The minimum absolute atomic E-state index is 0.0666. The number of likely N-dealkylation sites (tertiary alicyclic amines) is 1. The second-order valence-electron chi connectivity index (χ2n) is 15.2. The largest absolute Gasteiger partial charge is 0.493 e. The molecule has 290 valence electrons. The van der Waals surface area contributed by atoms with E-state index in [4.69, 9.17) is 32.4 Å². The van der Waals surface area contributed by atoms with Crippen LogP contribution in [-0.2, 0) is 24.4 Å². The van der Waals surface area contributed by atoms with Crippen molar-refractivity contribution >= 4 is 23.2 Å². The highest BCUT2D eigenvalue weighted by Gasteiger charge is 2.29. The zero-order chi connectivity index (χ0) is 39.0. The van der Waals surface area contributed by atoms with Gasteiger partial charge in [-0.3, -0.25) is 4.79 Å². The van der Waals surface area contributed by atoms with Crippen LogP contribution in [0.5, 0.6) is 17.2 Å². The quantitative estimate of drug-likeness (QED) is 0.0974. The highest BCUT2D eigenvalue weighted by molar-refractivity contribution is 6.32. The molecular formula is C46H50ClN5O4. The van der Waals surface area contributed by atoms with Crippen LogP contribution in [0.2, 0.25) is 5.02 Å². The van der Waals surface area contributed by atoms with Crippen LogP contribution in [0, 0.1) is 24.8 Å². The van der Waals surface area contributed by atoms with Crippen molar-refractivity contribution in [2.45, 2.75) is 96.6 Å². The molecule has 0 aromatic heterocycles. The average molecular weight is 772 g/mol. The molecule has 2 fully saturated rings. The Morgan fingerprint density at radius 2 is 1.86 bits per heavy atom. The second kappa shape index (κ2) is 18.3. The summed E-state index contributed by atoms with van der Waals surface area (Å²) in [5, 5.41) is 16.5. The number of carbonyl (C=O) groups is 1. The van der Waals surface area contributed by atoms with Gasteiger partial charge in [0.25, 0.3) is 0 Å². The molecule has 0 spiro atoms. The summed E-state index contributed by atoms with van der Waals surface area (Å²) >= 11 is 6.96. The van der Waals surface area contributed by atoms with Gasteiger partial charge >= 0.3 is 0 Å². The summed E-state index contributed by atoms with van der Waals surface area (Å²) in [4.78, 5) is 17.8. The highest BCUT2D eigenvalue weighted by atomic mass is 35.5. The Labute approximate surface area is 335 Å². The predicted octanol–water partition coefficient (Wildman–Crippen LogP) is 9.39. The Morgan fingerprint density at radius 3 is 2.66 bits per heavy atom. The number of amides is 1. The average Bonchev–Trinajstić information content (AvgIpc) is 3.63. The third kappa shape index (κ3) is 9.31. The lowest BCUT2D eigenvalue weighted by Crippen LogP contribution is -2.45.